The maximum absolute atomic E-state index is 13.1. The molecule has 0 radical (unpaired) electrons. The van der Waals surface area contributed by atoms with Gasteiger partial charge in [-0.05, 0) is 38.1 Å². The van der Waals surface area contributed by atoms with Gasteiger partial charge in [0.15, 0.2) is 0 Å². The van der Waals surface area contributed by atoms with Gasteiger partial charge in [-0.15, -0.1) is 12.4 Å². The molecule has 0 aliphatic rings. The largest absolute Gasteiger partial charge is 0.313 e. The van der Waals surface area contributed by atoms with Crippen LogP contribution in [0.5, 0.6) is 0 Å². The SMILES string of the molecule is CCN[C@H](C)CNS(=O)(=O)c1cc(F)ccc1C.Cl. The van der Waals surface area contributed by atoms with Crippen molar-refractivity contribution in [3.05, 3.63) is 29.6 Å². The minimum atomic E-state index is -3.66. The van der Waals surface area contributed by atoms with Crippen LogP contribution in [0.3, 0.4) is 0 Å². The Morgan fingerprint density at radius 2 is 2.00 bits per heavy atom. The lowest BCUT2D eigenvalue weighted by Crippen LogP contribution is -2.38. The molecule has 0 saturated carbocycles. The van der Waals surface area contributed by atoms with Crippen molar-refractivity contribution in [3.63, 3.8) is 0 Å². The Morgan fingerprint density at radius 1 is 1.37 bits per heavy atom. The number of nitrogens with one attached hydrogen (secondary N) is 2. The summed E-state index contributed by atoms with van der Waals surface area (Å²) in [5.74, 6) is -0.555. The summed E-state index contributed by atoms with van der Waals surface area (Å²) in [6.45, 7) is 6.50. The van der Waals surface area contributed by atoms with Crippen LogP contribution in [-0.4, -0.2) is 27.5 Å². The predicted octanol–water partition coefficient (Wildman–Crippen LogP) is 1.83. The molecule has 0 aliphatic heterocycles. The lowest BCUT2D eigenvalue weighted by molar-refractivity contribution is 0.535. The number of halogens is 2. The number of aryl methyl sites for hydroxylation is 1. The number of rotatable bonds is 6. The van der Waals surface area contributed by atoms with Gasteiger partial charge in [0.25, 0.3) is 0 Å². The highest BCUT2D eigenvalue weighted by atomic mass is 35.5. The number of likely N-dealkylation sites (N-methyl/N-ethyl adjacent to an activating group) is 1. The molecule has 0 fully saturated rings. The summed E-state index contributed by atoms with van der Waals surface area (Å²) in [6, 6.07) is 3.77. The summed E-state index contributed by atoms with van der Waals surface area (Å²) < 4.78 is 39.6. The number of sulfonamides is 1. The Kier molecular flexibility index (Phi) is 7.51. The van der Waals surface area contributed by atoms with Gasteiger partial charge in [0, 0.05) is 12.6 Å². The van der Waals surface area contributed by atoms with Gasteiger partial charge in [-0.25, -0.2) is 17.5 Å². The van der Waals surface area contributed by atoms with E-state index in [4.69, 9.17) is 0 Å². The Morgan fingerprint density at radius 3 is 2.58 bits per heavy atom. The Bertz CT molecular complexity index is 508. The number of benzene rings is 1. The molecule has 0 heterocycles. The van der Waals surface area contributed by atoms with Crippen LogP contribution in [0.25, 0.3) is 0 Å². The molecule has 1 aromatic rings. The van der Waals surface area contributed by atoms with Gasteiger partial charge in [0.05, 0.1) is 4.90 Å². The summed E-state index contributed by atoms with van der Waals surface area (Å²) in [7, 11) is -3.66. The fourth-order valence-corrected chi connectivity index (χ4v) is 2.98. The van der Waals surface area contributed by atoms with Crippen molar-refractivity contribution >= 4 is 22.4 Å². The first kappa shape index (κ1) is 18.3. The summed E-state index contributed by atoms with van der Waals surface area (Å²) in [5, 5.41) is 3.09. The van der Waals surface area contributed by atoms with Crippen molar-refractivity contribution in [2.75, 3.05) is 13.1 Å². The summed E-state index contributed by atoms with van der Waals surface area (Å²) in [4.78, 5) is -0.00815. The molecule has 4 nitrogen and oxygen atoms in total. The van der Waals surface area contributed by atoms with E-state index < -0.39 is 15.8 Å². The van der Waals surface area contributed by atoms with E-state index in [9.17, 15) is 12.8 Å². The minimum Gasteiger partial charge on any atom is -0.313 e. The molecule has 110 valence electrons. The summed E-state index contributed by atoms with van der Waals surface area (Å²) >= 11 is 0. The normalized spacial score (nSPS) is 12.8. The van der Waals surface area contributed by atoms with Crippen LogP contribution in [0.15, 0.2) is 23.1 Å². The van der Waals surface area contributed by atoms with E-state index >= 15 is 0 Å². The third-order valence-corrected chi connectivity index (χ3v) is 4.14. The van der Waals surface area contributed by atoms with Gasteiger partial charge in [-0.3, -0.25) is 0 Å². The van der Waals surface area contributed by atoms with Crippen LogP contribution in [0, 0.1) is 12.7 Å². The maximum atomic E-state index is 13.1. The molecule has 7 heteroatoms. The number of hydrogen-bond donors (Lipinski definition) is 2. The summed E-state index contributed by atoms with van der Waals surface area (Å²) in [6.07, 6.45) is 0. The van der Waals surface area contributed by atoms with E-state index in [0.29, 0.717) is 5.56 Å². The Hall–Kier alpha value is -0.690. The van der Waals surface area contributed by atoms with E-state index in [0.717, 1.165) is 12.6 Å². The highest BCUT2D eigenvalue weighted by Crippen LogP contribution is 2.15. The second-order valence-electron chi connectivity index (χ2n) is 4.22. The van der Waals surface area contributed by atoms with Crippen molar-refractivity contribution in [1.82, 2.24) is 10.0 Å². The van der Waals surface area contributed by atoms with Gasteiger partial charge in [-0.1, -0.05) is 13.0 Å². The first-order valence-electron chi connectivity index (χ1n) is 5.86. The molecule has 0 bridgehead atoms. The fraction of sp³-hybridized carbons (Fsp3) is 0.500. The molecule has 0 unspecified atom stereocenters. The Balaban J connectivity index is 0.00000324. The van der Waals surface area contributed by atoms with Crippen molar-refractivity contribution < 1.29 is 12.8 Å². The zero-order valence-corrected chi connectivity index (χ0v) is 12.9. The predicted molar refractivity (Wildman–Crippen MR) is 76.7 cm³/mol. The number of hydrogen-bond acceptors (Lipinski definition) is 3. The molecule has 19 heavy (non-hydrogen) atoms. The summed E-state index contributed by atoms with van der Waals surface area (Å²) in [5.41, 5.74) is 0.528. The van der Waals surface area contributed by atoms with Crippen LogP contribution in [0.1, 0.15) is 19.4 Å². The van der Waals surface area contributed by atoms with Gasteiger partial charge < -0.3 is 5.32 Å². The first-order valence-corrected chi connectivity index (χ1v) is 7.34. The van der Waals surface area contributed by atoms with Gasteiger partial charge >= 0.3 is 0 Å². The quantitative estimate of drug-likeness (QED) is 0.843. The Labute approximate surface area is 120 Å². The molecule has 0 spiro atoms. The third-order valence-electron chi connectivity index (χ3n) is 2.57. The van der Waals surface area contributed by atoms with Crippen molar-refractivity contribution in [1.29, 1.82) is 0 Å². The van der Waals surface area contributed by atoms with Crippen LogP contribution in [-0.2, 0) is 10.0 Å². The molecule has 2 N–H and O–H groups in total. The van der Waals surface area contributed by atoms with Crippen molar-refractivity contribution in [2.45, 2.75) is 31.7 Å². The zero-order chi connectivity index (χ0) is 13.8. The standard InChI is InChI=1S/C12H19FN2O2S.ClH/c1-4-14-10(3)8-15-18(16,17)12-7-11(13)6-5-9(12)2;/h5-7,10,14-15H,4,8H2,1-3H3;1H/t10-;/m1./s1. The van der Waals surface area contributed by atoms with Gasteiger partial charge in [0.1, 0.15) is 5.82 Å². The van der Waals surface area contributed by atoms with E-state index in [1.54, 1.807) is 6.92 Å². The maximum Gasteiger partial charge on any atom is 0.240 e. The molecule has 0 aromatic heterocycles. The molecule has 0 amide bonds. The average Bonchev–Trinajstić information content (AvgIpc) is 2.30. The fourth-order valence-electron chi connectivity index (χ4n) is 1.60. The van der Waals surface area contributed by atoms with Gasteiger partial charge in [0.2, 0.25) is 10.0 Å². The van der Waals surface area contributed by atoms with Crippen molar-refractivity contribution in [2.24, 2.45) is 0 Å². The molecule has 0 saturated heterocycles. The van der Waals surface area contributed by atoms with Crippen molar-refractivity contribution in [3.8, 4) is 0 Å². The lowest BCUT2D eigenvalue weighted by Gasteiger charge is -2.14. The second-order valence-corrected chi connectivity index (χ2v) is 5.96. The highest BCUT2D eigenvalue weighted by molar-refractivity contribution is 7.89. The topological polar surface area (TPSA) is 58.2 Å². The molecular weight excluding hydrogens is 291 g/mol. The average molecular weight is 311 g/mol. The third kappa shape index (κ3) is 5.44. The molecule has 1 rings (SSSR count). The van der Waals surface area contributed by atoms with Crippen LogP contribution < -0.4 is 10.0 Å². The van der Waals surface area contributed by atoms with E-state index in [1.807, 2.05) is 13.8 Å². The smallest absolute Gasteiger partial charge is 0.240 e. The molecular formula is C12H20ClFN2O2S. The monoisotopic (exact) mass is 310 g/mol. The lowest BCUT2D eigenvalue weighted by atomic mass is 10.2. The van der Waals surface area contributed by atoms with Crippen LogP contribution in [0.2, 0.25) is 0 Å². The molecule has 0 aliphatic carbocycles. The second kappa shape index (κ2) is 7.79. The van der Waals surface area contributed by atoms with Crippen LogP contribution in [0.4, 0.5) is 4.39 Å². The van der Waals surface area contributed by atoms with E-state index in [-0.39, 0.29) is 29.9 Å². The van der Waals surface area contributed by atoms with E-state index in [1.165, 1.54) is 12.1 Å². The zero-order valence-electron chi connectivity index (χ0n) is 11.2. The molecule has 1 atom stereocenters. The molecule has 1 aromatic carbocycles. The van der Waals surface area contributed by atoms with Crippen LogP contribution >= 0.6 is 12.4 Å². The van der Waals surface area contributed by atoms with E-state index in [2.05, 4.69) is 10.0 Å². The first-order chi connectivity index (χ1) is 8.36. The minimum absolute atomic E-state index is 0. The van der Waals surface area contributed by atoms with Gasteiger partial charge in [-0.2, -0.15) is 0 Å². The highest BCUT2D eigenvalue weighted by Gasteiger charge is 2.18.